The van der Waals surface area contributed by atoms with E-state index in [0.29, 0.717) is 12.1 Å². The van der Waals surface area contributed by atoms with Gasteiger partial charge in [-0.3, -0.25) is 0 Å². The Hall–Kier alpha value is -1.02. The Morgan fingerprint density at radius 2 is 1.85 bits per heavy atom. The highest BCUT2D eigenvalue weighted by Gasteiger charge is 2.25. The van der Waals surface area contributed by atoms with Gasteiger partial charge in [-0.1, -0.05) is 26.0 Å². The van der Waals surface area contributed by atoms with Crippen LogP contribution in [0.15, 0.2) is 24.3 Å². The molecule has 0 heterocycles. The molecule has 0 spiro atoms. The highest BCUT2D eigenvalue weighted by molar-refractivity contribution is 5.28. The Balaban J connectivity index is 1.87. The fourth-order valence-electron chi connectivity index (χ4n) is 2.96. The Morgan fingerprint density at radius 1 is 1.15 bits per heavy atom. The van der Waals surface area contributed by atoms with Crippen LogP contribution in [0.4, 0.5) is 0 Å². The summed E-state index contributed by atoms with van der Waals surface area (Å²) in [5.74, 6) is 2.65. The molecule has 2 heteroatoms. The Morgan fingerprint density at radius 3 is 2.45 bits per heavy atom. The minimum atomic E-state index is 0.406. The van der Waals surface area contributed by atoms with Crippen LogP contribution in [0.2, 0.25) is 0 Å². The molecule has 1 fully saturated rings. The molecule has 4 unspecified atom stereocenters. The van der Waals surface area contributed by atoms with Crippen LogP contribution in [0.5, 0.6) is 5.75 Å². The summed E-state index contributed by atoms with van der Waals surface area (Å²) >= 11 is 0. The minimum absolute atomic E-state index is 0.406. The zero-order chi connectivity index (χ0) is 14.5. The van der Waals surface area contributed by atoms with Gasteiger partial charge in [0, 0.05) is 6.04 Å². The predicted octanol–water partition coefficient (Wildman–Crippen LogP) is 4.04. The quantitative estimate of drug-likeness (QED) is 0.875. The Kier molecular flexibility index (Phi) is 5.47. The highest BCUT2D eigenvalue weighted by atomic mass is 16.5. The van der Waals surface area contributed by atoms with E-state index < -0.39 is 0 Å². The topological polar surface area (TPSA) is 21.3 Å². The average Bonchev–Trinajstić information content (AvgIpc) is 2.45. The van der Waals surface area contributed by atoms with Crippen molar-refractivity contribution in [1.29, 1.82) is 0 Å². The summed E-state index contributed by atoms with van der Waals surface area (Å²) in [5.41, 5.74) is 1.37. The summed E-state index contributed by atoms with van der Waals surface area (Å²) in [6.45, 7) is 6.91. The van der Waals surface area contributed by atoms with Gasteiger partial charge >= 0.3 is 0 Å². The molecule has 4 atom stereocenters. The number of nitrogens with one attached hydrogen (secondary N) is 1. The third-order valence-corrected chi connectivity index (χ3v) is 4.81. The number of hydrogen-bond donors (Lipinski definition) is 1. The van der Waals surface area contributed by atoms with Gasteiger partial charge in [-0.2, -0.15) is 0 Å². The second-order valence-electron chi connectivity index (χ2n) is 6.55. The summed E-state index contributed by atoms with van der Waals surface area (Å²) in [4.78, 5) is 0. The fourth-order valence-corrected chi connectivity index (χ4v) is 2.96. The lowest BCUT2D eigenvalue weighted by Gasteiger charge is -2.32. The molecular formula is C18H29NO. The highest BCUT2D eigenvalue weighted by Crippen LogP contribution is 2.31. The first-order chi connectivity index (χ1) is 9.58. The number of benzene rings is 1. The van der Waals surface area contributed by atoms with Crippen molar-refractivity contribution in [3.63, 3.8) is 0 Å². The Bertz CT molecular complexity index is 400. The molecule has 112 valence electrons. The monoisotopic (exact) mass is 275 g/mol. The molecule has 1 aromatic rings. The summed E-state index contributed by atoms with van der Waals surface area (Å²) in [6.07, 6.45) is 5.16. The molecule has 0 radical (unpaired) electrons. The van der Waals surface area contributed by atoms with Crippen LogP contribution in [0.3, 0.4) is 0 Å². The van der Waals surface area contributed by atoms with E-state index >= 15 is 0 Å². The average molecular weight is 275 g/mol. The van der Waals surface area contributed by atoms with Gasteiger partial charge in [0.05, 0.1) is 6.10 Å². The molecule has 0 aromatic heterocycles. The van der Waals surface area contributed by atoms with Crippen molar-refractivity contribution in [3.8, 4) is 5.75 Å². The van der Waals surface area contributed by atoms with E-state index in [1.165, 1.54) is 24.8 Å². The van der Waals surface area contributed by atoms with Crippen molar-refractivity contribution in [2.24, 2.45) is 11.8 Å². The molecule has 1 aliphatic carbocycles. The number of hydrogen-bond acceptors (Lipinski definition) is 2. The van der Waals surface area contributed by atoms with Crippen LogP contribution in [0, 0.1) is 11.8 Å². The first kappa shape index (κ1) is 15.4. The van der Waals surface area contributed by atoms with Gasteiger partial charge in [-0.25, -0.2) is 0 Å². The molecule has 1 saturated carbocycles. The molecular weight excluding hydrogens is 246 g/mol. The maximum Gasteiger partial charge on any atom is 0.119 e. The first-order valence-corrected chi connectivity index (χ1v) is 8.01. The smallest absolute Gasteiger partial charge is 0.119 e. The van der Waals surface area contributed by atoms with Crippen molar-refractivity contribution in [3.05, 3.63) is 29.8 Å². The third-order valence-electron chi connectivity index (χ3n) is 4.81. The molecule has 1 N–H and O–H groups in total. The Labute approximate surface area is 123 Å². The summed E-state index contributed by atoms with van der Waals surface area (Å²) in [6, 6.07) is 9.15. The van der Waals surface area contributed by atoms with E-state index in [-0.39, 0.29) is 0 Å². The van der Waals surface area contributed by atoms with Crippen LogP contribution in [-0.2, 0) is 6.42 Å². The van der Waals surface area contributed by atoms with Crippen LogP contribution in [0.25, 0.3) is 0 Å². The van der Waals surface area contributed by atoms with Crippen LogP contribution >= 0.6 is 0 Å². The molecule has 0 amide bonds. The molecule has 2 nitrogen and oxygen atoms in total. The van der Waals surface area contributed by atoms with Gasteiger partial charge in [-0.05, 0) is 69.2 Å². The summed E-state index contributed by atoms with van der Waals surface area (Å²) in [7, 11) is 2.01. The zero-order valence-electron chi connectivity index (χ0n) is 13.4. The van der Waals surface area contributed by atoms with Crippen molar-refractivity contribution in [2.45, 2.75) is 58.6 Å². The largest absolute Gasteiger partial charge is 0.490 e. The maximum absolute atomic E-state index is 6.14. The molecule has 0 saturated heterocycles. The van der Waals surface area contributed by atoms with E-state index in [1.807, 2.05) is 7.05 Å². The lowest BCUT2D eigenvalue weighted by atomic mass is 9.80. The summed E-state index contributed by atoms with van der Waals surface area (Å²) < 4.78 is 6.14. The minimum Gasteiger partial charge on any atom is -0.490 e. The normalized spacial score (nSPS) is 28.1. The van der Waals surface area contributed by atoms with Crippen LogP contribution in [0.1, 0.15) is 45.6 Å². The molecule has 2 rings (SSSR count). The lowest BCUT2D eigenvalue weighted by molar-refractivity contribution is 0.101. The van der Waals surface area contributed by atoms with E-state index in [1.54, 1.807) is 0 Å². The van der Waals surface area contributed by atoms with Crippen LogP contribution in [-0.4, -0.2) is 19.2 Å². The van der Waals surface area contributed by atoms with Crippen molar-refractivity contribution < 1.29 is 4.74 Å². The van der Waals surface area contributed by atoms with E-state index in [4.69, 9.17) is 4.74 Å². The van der Waals surface area contributed by atoms with Crippen molar-refractivity contribution in [1.82, 2.24) is 5.32 Å². The predicted molar refractivity (Wildman–Crippen MR) is 85.3 cm³/mol. The third kappa shape index (κ3) is 4.24. The summed E-state index contributed by atoms with van der Waals surface area (Å²) in [5, 5.41) is 3.27. The zero-order valence-corrected chi connectivity index (χ0v) is 13.4. The van der Waals surface area contributed by atoms with Gasteiger partial charge in [0.2, 0.25) is 0 Å². The SMILES string of the molecule is CNC(C)Cc1ccc(OC2CCC(C)C(C)C2)cc1. The van der Waals surface area contributed by atoms with Gasteiger partial charge in [0.1, 0.15) is 5.75 Å². The molecule has 0 aliphatic heterocycles. The van der Waals surface area contributed by atoms with Gasteiger partial charge < -0.3 is 10.1 Å². The lowest BCUT2D eigenvalue weighted by Crippen LogP contribution is -2.28. The second kappa shape index (κ2) is 7.12. The van der Waals surface area contributed by atoms with Crippen LogP contribution < -0.4 is 10.1 Å². The van der Waals surface area contributed by atoms with E-state index in [2.05, 4.69) is 50.4 Å². The van der Waals surface area contributed by atoms with E-state index in [0.717, 1.165) is 24.0 Å². The number of ether oxygens (including phenoxy) is 1. The molecule has 0 bridgehead atoms. The molecule has 1 aliphatic rings. The van der Waals surface area contributed by atoms with Gasteiger partial charge in [-0.15, -0.1) is 0 Å². The standard InChI is InChI=1S/C18H29NO/c1-13-5-8-18(11-14(13)2)20-17-9-6-16(7-10-17)12-15(3)19-4/h6-7,9-10,13-15,18-19H,5,8,11-12H2,1-4H3. The van der Waals surface area contributed by atoms with Gasteiger partial charge in [0.25, 0.3) is 0 Å². The number of rotatable bonds is 5. The van der Waals surface area contributed by atoms with E-state index in [9.17, 15) is 0 Å². The van der Waals surface area contributed by atoms with Crippen molar-refractivity contribution in [2.75, 3.05) is 7.05 Å². The molecule has 20 heavy (non-hydrogen) atoms. The number of likely N-dealkylation sites (N-methyl/N-ethyl adjacent to an activating group) is 1. The maximum atomic E-state index is 6.14. The van der Waals surface area contributed by atoms with Gasteiger partial charge in [0.15, 0.2) is 0 Å². The molecule has 1 aromatic carbocycles. The van der Waals surface area contributed by atoms with Crippen molar-refractivity contribution >= 4 is 0 Å². The first-order valence-electron chi connectivity index (χ1n) is 8.01. The second-order valence-corrected chi connectivity index (χ2v) is 6.55. The fraction of sp³-hybridized carbons (Fsp3) is 0.667.